The highest BCUT2D eigenvalue weighted by atomic mass is 16.6. The summed E-state index contributed by atoms with van der Waals surface area (Å²) in [6.07, 6.45) is 0. The van der Waals surface area contributed by atoms with Crippen molar-refractivity contribution in [3.05, 3.63) is 53.3 Å². The van der Waals surface area contributed by atoms with Gasteiger partial charge in [0.1, 0.15) is 0 Å². The molecule has 1 aromatic heterocycles. The third-order valence-electron chi connectivity index (χ3n) is 2.16. The zero-order chi connectivity index (χ0) is 13.4. The first-order chi connectivity index (χ1) is 8.41. The topological polar surface area (TPSA) is 149 Å². The predicted octanol–water partition coefficient (Wildman–Crippen LogP) is 0.298. The smallest absolute Gasteiger partial charge is 0.372 e. The van der Waals surface area contributed by atoms with E-state index < -0.39 is 38.0 Å². The van der Waals surface area contributed by atoms with Crippen LogP contribution < -0.4 is 11.4 Å². The van der Waals surface area contributed by atoms with Crippen LogP contribution in [-0.2, 0) is 0 Å². The molecule has 1 heterocycles. The minimum atomic E-state index is -1.30. The molecule has 1 N–H and O–H groups in total. The minimum absolute atomic E-state index is 0.200. The first kappa shape index (κ1) is 11.4. The van der Waals surface area contributed by atoms with Gasteiger partial charge in [0.05, 0.1) is 15.4 Å². The lowest BCUT2D eigenvalue weighted by atomic mass is 10.2. The van der Waals surface area contributed by atoms with Gasteiger partial charge in [0.25, 0.3) is 0 Å². The lowest BCUT2D eigenvalue weighted by Gasteiger charge is -1.98. The van der Waals surface area contributed by atoms with E-state index in [9.17, 15) is 29.8 Å². The maximum Gasteiger partial charge on any atom is 0.419 e. The highest BCUT2D eigenvalue weighted by Gasteiger charge is 2.30. The van der Waals surface area contributed by atoms with Crippen LogP contribution in [0.1, 0.15) is 0 Å². The molecule has 0 aliphatic rings. The molecule has 2 aromatic rings. The first-order valence-corrected chi connectivity index (χ1v) is 4.40. The number of H-pyrrole nitrogens is 1. The number of aromatic amines is 1. The Morgan fingerprint density at radius 3 is 2.33 bits per heavy atom. The molecule has 10 nitrogen and oxygen atoms in total. The summed E-state index contributed by atoms with van der Waals surface area (Å²) in [6.45, 7) is 0. The molecule has 0 aliphatic carbocycles. The summed E-state index contributed by atoms with van der Waals surface area (Å²) >= 11 is 0. The lowest BCUT2D eigenvalue weighted by molar-refractivity contribution is -0.421. The number of rotatable bonds is 2. The number of benzene rings is 1. The highest BCUT2D eigenvalue weighted by molar-refractivity contribution is 5.91. The van der Waals surface area contributed by atoms with E-state index in [2.05, 4.69) is 4.42 Å². The molecule has 0 amide bonds. The van der Waals surface area contributed by atoms with Crippen LogP contribution in [0.2, 0.25) is 0 Å². The van der Waals surface area contributed by atoms with Gasteiger partial charge in [0, 0.05) is 6.07 Å². The molecular formula is C8H3N3O7. The number of nitrogens with one attached hydrogen (secondary N) is 1. The predicted molar refractivity (Wildman–Crippen MR) is 56.4 cm³/mol. The molecule has 0 bridgehead atoms. The van der Waals surface area contributed by atoms with E-state index in [0.29, 0.717) is 0 Å². The van der Waals surface area contributed by atoms with Crippen molar-refractivity contribution in [2.75, 3.05) is 0 Å². The molecule has 0 spiro atoms. The van der Waals surface area contributed by atoms with Crippen molar-refractivity contribution in [2.45, 2.75) is 0 Å². The number of nitro benzene ring substituents is 2. The second kappa shape index (κ2) is 3.76. The van der Waals surface area contributed by atoms with Crippen LogP contribution in [0.25, 0.3) is 10.9 Å². The van der Waals surface area contributed by atoms with Gasteiger partial charge < -0.3 is 4.42 Å². The van der Waals surface area contributed by atoms with Gasteiger partial charge in [-0.1, -0.05) is 0 Å². The molecule has 0 unspecified atom stereocenters. The Bertz CT molecular complexity index is 787. The van der Waals surface area contributed by atoms with Crippen molar-refractivity contribution in [1.29, 1.82) is 0 Å². The summed E-state index contributed by atoms with van der Waals surface area (Å²) in [4.78, 5) is 43.7. The van der Waals surface area contributed by atoms with Crippen molar-refractivity contribution >= 4 is 22.3 Å². The van der Waals surface area contributed by atoms with Gasteiger partial charge in [-0.2, -0.15) is 0 Å². The van der Waals surface area contributed by atoms with Gasteiger partial charge in [-0.25, -0.2) is 9.59 Å². The van der Waals surface area contributed by atoms with Crippen LogP contribution in [0.3, 0.4) is 0 Å². The van der Waals surface area contributed by atoms with E-state index in [0.717, 1.165) is 12.1 Å². The normalized spacial score (nSPS) is 10.4. The van der Waals surface area contributed by atoms with Gasteiger partial charge in [0.15, 0.2) is 5.39 Å². The number of nitro groups is 2. The second-order valence-corrected chi connectivity index (χ2v) is 3.17. The average Bonchev–Trinajstić information content (AvgIpc) is 2.26. The van der Waals surface area contributed by atoms with Crippen LogP contribution in [0.4, 0.5) is 11.4 Å². The molecular weight excluding hydrogens is 250 g/mol. The van der Waals surface area contributed by atoms with Crippen molar-refractivity contribution in [3.63, 3.8) is 0 Å². The zero-order valence-corrected chi connectivity index (χ0v) is 8.41. The molecule has 10 heteroatoms. The Kier molecular flexibility index (Phi) is 2.39. The zero-order valence-electron chi connectivity index (χ0n) is 8.41. The van der Waals surface area contributed by atoms with E-state index in [1.54, 1.807) is 0 Å². The highest BCUT2D eigenvalue weighted by Crippen LogP contribution is 2.31. The molecule has 2 rings (SSSR count). The lowest BCUT2D eigenvalue weighted by Crippen LogP contribution is -2.16. The molecule has 0 saturated carbocycles. The average molecular weight is 253 g/mol. The first-order valence-electron chi connectivity index (χ1n) is 4.40. The summed E-state index contributed by atoms with van der Waals surface area (Å²) in [5.74, 6) is -1.10. The molecule has 0 saturated heterocycles. The van der Waals surface area contributed by atoms with Crippen molar-refractivity contribution < 1.29 is 14.3 Å². The van der Waals surface area contributed by atoms with Crippen LogP contribution in [0.15, 0.2) is 26.1 Å². The van der Waals surface area contributed by atoms with Crippen molar-refractivity contribution in [1.82, 2.24) is 4.98 Å². The Balaban J connectivity index is 3.09. The third kappa shape index (κ3) is 1.61. The summed E-state index contributed by atoms with van der Waals surface area (Å²) < 4.78 is 4.12. The second-order valence-electron chi connectivity index (χ2n) is 3.17. The molecule has 0 aliphatic heterocycles. The summed E-state index contributed by atoms with van der Waals surface area (Å²) in [5.41, 5.74) is -3.37. The van der Waals surface area contributed by atoms with Crippen LogP contribution in [-0.4, -0.2) is 14.8 Å². The Morgan fingerprint density at radius 1 is 1.11 bits per heavy atom. The Morgan fingerprint density at radius 2 is 1.78 bits per heavy atom. The molecule has 92 valence electrons. The van der Waals surface area contributed by atoms with Crippen molar-refractivity contribution in [2.24, 2.45) is 0 Å². The molecule has 0 atom stereocenters. The molecule has 0 radical (unpaired) electrons. The van der Waals surface area contributed by atoms with Crippen LogP contribution >= 0.6 is 0 Å². The van der Waals surface area contributed by atoms with Crippen LogP contribution in [0.5, 0.6) is 0 Å². The van der Waals surface area contributed by atoms with E-state index in [-0.39, 0.29) is 5.52 Å². The van der Waals surface area contributed by atoms with Gasteiger partial charge >= 0.3 is 22.8 Å². The largest absolute Gasteiger partial charge is 0.419 e. The quantitative estimate of drug-likeness (QED) is 0.596. The van der Waals surface area contributed by atoms with E-state index >= 15 is 0 Å². The van der Waals surface area contributed by atoms with Crippen molar-refractivity contribution in [3.8, 4) is 0 Å². The summed E-state index contributed by atoms with van der Waals surface area (Å²) in [6, 6.07) is 1.86. The maximum absolute atomic E-state index is 11.4. The molecule has 18 heavy (non-hydrogen) atoms. The Labute approximate surface area is 95.8 Å². The number of hydrogen-bond donors (Lipinski definition) is 1. The number of fused-ring (bicyclic) bond motifs is 1. The summed E-state index contributed by atoms with van der Waals surface area (Å²) in [7, 11) is 0. The third-order valence-corrected chi connectivity index (χ3v) is 2.16. The monoisotopic (exact) mass is 253 g/mol. The SMILES string of the molecule is O=c1[nH]c2ccc([N+](=O)[O-])c([N+](=O)[O-])c2c(=O)o1. The van der Waals surface area contributed by atoms with Gasteiger partial charge in [0.2, 0.25) is 0 Å². The molecule has 1 aromatic carbocycles. The fraction of sp³-hybridized carbons (Fsp3) is 0. The summed E-state index contributed by atoms with van der Waals surface area (Å²) in [5, 5.41) is 20.8. The maximum atomic E-state index is 11.4. The van der Waals surface area contributed by atoms with E-state index in [4.69, 9.17) is 0 Å². The fourth-order valence-corrected chi connectivity index (χ4v) is 1.49. The van der Waals surface area contributed by atoms with Gasteiger partial charge in [-0.3, -0.25) is 25.2 Å². The number of aromatic nitrogens is 1. The van der Waals surface area contributed by atoms with Gasteiger partial charge in [-0.05, 0) is 6.07 Å². The number of hydrogen-bond acceptors (Lipinski definition) is 7. The standard InChI is InChI=1S/C8H3N3O7/c12-7-5-3(9-8(13)18-7)1-2-4(10(14)15)6(5)11(16)17/h1-2H,(H,9,13). The molecule has 0 fully saturated rings. The van der Waals surface area contributed by atoms with E-state index in [1.807, 2.05) is 4.98 Å². The number of nitrogens with zero attached hydrogens (tertiary/aromatic N) is 2. The van der Waals surface area contributed by atoms with E-state index in [1.165, 1.54) is 0 Å². The van der Waals surface area contributed by atoms with Gasteiger partial charge in [-0.15, -0.1) is 0 Å². The van der Waals surface area contributed by atoms with Crippen LogP contribution in [0, 0.1) is 20.2 Å². The Hall–Kier alpha value is -3.04. The minimum Gasteiger partial charge on any atom is -0.372 e. The fourth-order valence-electron chi connectivity index (χ4n) is 1.49.